The molecule has 0 aromatic heterocycles. The largest absolute Gasteiger partial charge is 0.508 e. The van der Waals surface area contributed by atoms with Gasteiger partial charge in [0.1, 0.15) is 23.9 Å². The van der Waals surface area contributed by atoms with Crippen LogP contribution in [0.25, 0.3) is 0 Å². The van der Waals surface area contributed by atoms with E-state index in [4.69, 9.17) is 15.9 Å². The Morgan fingerprint density at radius 3 is 1.91 bits per heavy atom. The smallest absolute Gasteiger partial charge is 0.326 e. The fourth-order valence-corrected chi connectivity index (χ4v) is 2.84. The van der Waals surface area contributed by atoms with Crippen LogP contribution in [0.2, 0.25) is 0 Å². The Bertz CT molecular complexity index is 950. The number of carbonyl (C=O) groups is 6. The highest BCUT2D eigenvalue weighted by atomic mass is 16.4. The number of rotatable bonds is 14. The van der Waals surface area contributed by atoms with Crippen LogP contribution in [-0.4, -0.2) is 80.2 Å². The van der Waals surface area contributed by atoms with E-state index in [1.807, 2.05) is 0 Å². The molecule has 14 heteroatoms. The van der Waals surface area contributed by atoms with Gasteiger partial charge in [0.25, 0.3) is 0 Å². The van der Waals surface area contributed by atoms with Crippen molar-refractivity contribution < 1.29 is 49.2 Å². The molecule has 0 aliphatic carbocycles. The predicted octanol–water partition coefficient (Wildman–Crippen LogP) is -1.84. The first kappa shape index (κ1) is 28.8. The number of amides is 3. The van der Waals surface area contributed by atoms with Crippen LogP contribution in [0.1, 0.15) is 31.7 Å². The first-order valence-corrected chi connectivity index (χ1v) is 10.4. The quantitative estimate of drug-likeness (QED) is 0.142. The van der Waals surface area contributed by atoms with Crippen LogP contribution in [0.5, 0.6) is 5.75 Å². The van der Waals surface area contributed by atoms with Crippen molar-refractivity contribution in [3.05, 3.63) is 29.8 Å². The van der Waals surface area contributed by atoms with Gasteiger partial charge in [-0.25, -0.2) is 4.79 Å². The van der Waals surface area contributed by atoms with Crippen molar-refractivity contribution in [1.82, 2.24) is 16.0 Å². The molecule has 0 aliphatic rings. The SMILES string of the molecule is CC(NC(=O)C(Cc1ccc(O)cc1)NC(=O)C(N)CC(=O)O)C(=O)NC(CCC(=O)O)C(=O)O. The normalized spacial score (nSPS) is 14.0. The number of phenols is 1. The Morgan fingerprint density at radius 2 is 1.40 bits per heavy atom. The van der Waals surface area contributed by atoms with Gasteiger partial charge in [-0.15, -0.1) is 0 Å². The summed E-state index contributed by atoms with van der Waals surface area (Å²) in [5.41, 5.74) is 6.05. The molecule has 0 aliphatic heterocycles. The monoisotopic (exact) mass is 496 g/mol. The summed E-state index contributed by atoms with van der Waals surface area (Å²) in [7, 11) is 0. The van der Waals surface area contributed by atoms with E-state index in [-0.39, 0.29) is 18.6 Å². The molecule has 192 valence electrons. The maximum absolute atomic E-state index is 12.8. The minimum absolute atomic E-state index is 0.0385. The van der Waals surface area contributed by atoms with Gasteiger partial charge in [-0.3, -0.25) is 24.0 Å². The average Bonchev–Trinajstić information content (AvgIpc) is 2.76. The molecule has 0 bridgehead atoms. The first-order chi connectivity index (χ1) is 16.3. The van der Waals surface area contributed by atoms with Gasteiger partial charge in [0, 0.05) is 12.8 Å². The second-order valence-electron chi connectivity index (χ2n) is 7.70. The molecule has 0 saturated carbocycles. The molecular formula is C21H28N4O10. The second-order valence-corrected chi connectivity index (χ2v) is 7.70. The van der Waals surface area contributed by atoms with Gasteiger partial charge >= 0.3 is 17.9 Å². The number of phenolic OH excluding ortho intramolecular Hbond substituents is 1. The fraction of sp³-hybridized carbons (Fsp3) is 0.429. The Hall–Kier alpha value is -4.20. The van der Waals surface area contributed by atoms with Crippen LogP contribution in [0.15, 0.2) is 24.3 Å². The molecule has 1 rings (SSSR count). The first-order valence-electron chi connectivity index (χ1n) is 10.4. The second kappa shape index (κ2) is 13.5. The molecule has 0 saturated heterocycles. The van der Waals surface area contributed by atoms with E-state index >= 15 is 0 Å². The van der Waals surface area contributed by atoms with Crippen LogP contribution in [0.4, 0.5) is 0 Å². The summed E-state index contributed by atoms with van der Waals surface area (Å²) < 4.78 is 0. The van der Waals surface area contributed by atoms with Crippen LogP contribution < -0.4 is 21.7 Å². The third-order valence-electron chi connectivity index (χ3n) is 4.75. The lowest BCUT2D eigenvalue weighted by Gasteiger charge is -2.23. The van der Waals surface area contributed by atoms with E-state index in [0.717, 1.165) is 0 Å². The minimum atomic E-state index is -1.50. The van der Waals surface area contributed by atoms with Gasteiger partial charge in [-0.05, 0) is 31.0 Å². The van der Waals surface area contributed by atoms with E-state index < -0.39 is 72.6 Å². The lowest BCUT2D eigenvalue weighted by atomic mass is 10.0. The predicted molar refractivity (Wildman–Crippen MR) is 118 cm³/mol. The van der Waals surface area contributed by atoms with Crippen molar-refractivity contribution in [2.24, 2.45) is 5.73 Å². The van der Waals surface area contributed by atoms with Gasteiger partial charge in [0.05, 0.1) is 12.5 Å². The molecule has 4 atom stereocenters. The molecule has 1 aromatic carbocycles. The van der Waals surface area contributed by atoms with E-state index in [1.165, 1.54) is 31.2 Å². The molecule has 0 fully saturated rings. The number of aliphatic carboxylic acids is 3. The zero-order valence-electron chi connectivity index (χ0n) is 18.8. The molecule has 4 unspecified atom stereocenters. The third-order valence-corrected chi connectivity index (χ3v) is 4.75. The van der Waals surface area contributed by atoms with E-state index in [2.05, 4.69) is 16.0 Å². The highest BCUT2D eigenvalue weighted by Gasteiger charge is 2.29. The molecule has 3 amide bonds. The molecular weight excluding hydrogens is 468 g/mol. The summed E-state index contributed by atoms with van der Waals surface area (Å²) >= 11 is 0. The molecule has 14 nitrogen and oxygen atoms in total. The number of carboxylic acids is 3. The number of hydrogen-bond acceptors (Lipinski definition) is 8. The highest BCUT2D eigenvalue weighted by Crippen LogP contribution is 2.12. The Kier molecular flexibility index (Phi) is 11.1. The molecule has 0 heterocycles. The van der Waals surface area contributed by atoms with E-state index in [0.29, 0.717) is 5.56 Å². The topological polar surface area (TPSA) is 245 Å². The van der Waals surface area contributed by atoms with Gasteiger partial charge in [0.15, 0.2) is 0 Å². The van der Waals surface area contributed by atoms with Crippen LogP contribution >= 0.6 is 0 Å². The maximum atomic E-state index is 12.8. The van der Waals surface area contributed by atoms with Crippen molar-refractivity contribution in [3.8, 4) is 5.75 Å². The summed E-state index contributed by atoms with van der Waals surface area (Å²) in [6.07, 6.45) is -1.68. The van der Waals surface area contributed by atoms with Gasteiger partial charge in [-0.2, -0.15) is 0 Å². The summed E-state index contributed by atoms with van der Waals surface area (Å²) in [5.74, 6) is -6.76. The lowest BCUT2D eigenvalue weighted by Crippen LogP contribution is -2.57. The van der Waals surface area contributed by atoms with Crippen molar-refractivity contribution in [1.29, 1.82) is 0 Å². The fourth-order valence-electron chi connectivity index (χ4n) is 2.84. The Balaban J connectivity index is 2.93. The molecule has 9 N–H and O–H groups in total. The molecule has 0 radical (unpaired) electrons. The van der Waals surface area contributed by atoms with Crippen molar-refractivity contribution in [2.45, 2.75) is 56.8 Å². The number of nitrogens with two attached hydrogens (primary N) is 1. The van der Waals surface area contributed by atoms with Crippen molar-refractivity contribution >= 4 is 35.6 Å². The Labute approximate surface area is 199 Å². The standard InChI is InChI=1S/C21H28N4O10/c1-10(18(31)24-14(21(34)35)6-7-16(27)28)23-20(33)15(8-11-2-4-12(26)5-3-11)25-19(32)13(22)9-17(29)30/h2-5,10,13-15,26H,6-9,22H2,1H3,(H,23,33)(H,24,31)(H,25,32)(H,27,28)(H,29,30)(H,34,35). The molecule has 1 aromatic rings. The van der Waals surface area contributed by atoms with Crippen molar-refractivity contribution in [2.75, 3.05) is 0 Å². The third kappa shape index (κ3) is 10.5. The summed E-state index contributed by atoms with van der Waals surface area (Å²) in [4.78, 5) is 70.3. The lowest BCUT2D eigenvalue weighted by molar-refractivity contribution is -0.143. The number of hydrogen-bond donors (Lipinski definition) is 8. The average molecular weight is 496 g/mol. The summed E-state index contributed by atoms with van der Waals surface area (Å²) in [5, 5.41) is 42.9. The van der Waals surface area contributed by atoms with E-state index in [1.54, 1.807) is 0 Å². The number of carboxylic acid groups (broad SMARTS) is 3. The zero-order valence-corrected chi connectivity index (χ0v) is 18.8. The van der Waals surface area contributed by atoms with Crippen LogP contribution in [0.3, 0.4) is 0 Å². The van der Waals surface area contributed by atoms with Crippen molar-refractivity contribution in [3.63, 3.8) is 0 Å². The van der Waals surface area contributed by atoms with Crippen LogP contribution in [-0.2, 0) is 35.2 Å². The maximum Gasteiger partial charge on any atom is 0.326 e. The molecule has 35 heavy (non-hydrogen) atoms. The van der Waals surface area contributed by atoms with Gasteiger partial charge in [-0.1, -0.05) is 12.1 Å². The minimum Gasteiger partial charge on any atom is -0.508 e. The summed E-state index contributed by atoms with van der Waals surface area (Å²) in [6, 6.07) is 0.131. The number of nitrogens with one attached hydrogen (secondary N) is 3. The number of benzene rings is 1. The van der Waals surface area contributed by atoms with E-state index in [9.17, 15) is 39.0 Å². The zero-order chi connectivity index (χ0) is 26.7. The van der Waals surface area contributed by atoms with Gasteiger partial charge < -0.3 is 42.1 Å². The van der Waals surface area contributed by atoms with Gasteiger partial charge in [0.2, 0.25) is 17.7 Å². The summed E-state index contributed by atoms with van der Waals surface area (Å²) in [6.45, 7) is 1.25. The van der Waals surface area contributed by atoms with Crippen LogP contribution in [0, 0.1) is 0 Å². The number of carbonyl (C=O) groups excluding carboxylic acids is 3. The number of aromatic hydroxyl groups is 1. The molecule has 0 spiro atoms. The highest BCUT2D eigenvalue weighted by molar-refractivity contribution is 5.94. The Morgan fingerprint density at radius 1 is 0.829 bits per heavy atom.